The van der Waals surface area contributed by atoms with Gasteiger partial charge in [0.25, 0.3) is 5.91 Å². The third-order valence-electron chi connectivity index (χ3n) is 5.23. The fourth-order valence-corrected chi connectivity index (χ4v) is 4.13. The van der Waals surface area contributed by atoms with Gasteiger partial charge in [0, 0.05) is 21.5 Å². The SMILES string of the molecule is C/C(=N/NC(=O)c1cc(-c2ccccc2OC(C)C)nc2ccccc12)c1cc(Cl)cc(Cl)c1O. The van der Waals surface area contributed by atoms with E-state index in [1.54, 1.807) is 13.0 Å². The first kappa shape index (κ1) is 24.5. The standard InChI is InChI=1S/C27H23Cl2N3O3/c1-15(2)35-25-11-7-5-9-19(25)24-14-21(18-8-4-6-10-23(18)30-24)27(34)32-31-16(3)20-12-17(28)13-22(29)26(20)33/h4-15,33H,1-3H3,(H,32,34)/b31-16-. The molecule has 4 aromatic rings. The predicted octanol–water partition coefficient (Wildman–Crippen LogP) is 6.86. The monoisotopic (exact) mass is 507 g/mol. The third kappa shape index (κ3) is 5.39. The molecule has 1 heterocycles. The molecule has 178 valence electrons. The van der Waals surface area contributed by atoms with E-state index in [1.165, 1.54) is 12.1 Å². The zero-order valence-corrected chi connectivity index (χ0v) is 20.9. The summed E-state index contributed by atoms with van der Waals surface area (Å²) in [6.07, 6.45) is -0.0203. The van der Waals surface area contributed by atoms with Crippen LogP contribution in [-0.2, 0) is 0 Å². The fourth-order valence-electron chi connectivity index (χ4n) is 3.63. The average Bonchev–Trinajstić information content (AvgIpc) is 2.83. The zero-order valence-electron chi connectivity index (χ0n) is 19.3. The van der Waals surface area contributed by atoms with Crippen molar-refractivity contribution in [3.8, 4) is 22.8 Å². The summed E-state index contributed by atoms with van der Waals surface area (Å²) in [7, 11) is 0. The summed E-state index contributed by atoms with van der Waals surface area (Å²) < 4.78 is 5.96. The zero-order chi connectivity index (χ0) is 25.1. The molecule has 35 heavy (non-hydrogen) atoms. The van der Waals surface area contributed by atoms with Crippen molar-refractivity contribution in [1.82, 2.24) is 10.4 Å². The Kier molecular flexibility index (Phi) is 7.24. The Morgan fingerprint density at radius 3 is 2.51 bits per heavy atom. The van der Waals surface area contributed by atoms with E-state index in [2.05, 4.69) is 10.5 Å². The minimum absolute atomic E-state index is 0.0203. The molecule has 0 fully saturated rings. The molecule has 0 bridgehead atoms. The number of hydrogen-bond donors (Lipinski definition) is 2. The van der Waals surface area contributed by atoms with E-state index in [1.807, 2.05) is 62.4 Å². The summed E-state index contributed by atoms with van der Waals surface area (Å²) in [6, 6.07) is 19.6. The van der Waals surface area contributed by atoms with Crippen LogP contribution in [0.25, 0.3) is 22.2 Å². The van der Waals surface area contributed by atoms with Gasteiger partial charge in [-0.3, -0.25) is 4.79 Å². The second-order valence-electron chi connectivity index (χ2n) is 8.16. The van der Waals surface area contributed by atoms with Gasteiger partial charge in [-0.1, -0.05) is 53.5 Å². The number of hydrazone groups is 1. The van der Waals surface area contributed by atoms with Gasteiger partial charge in [-0.2, -0.15) is 5.10 Å². The van der Waals surface area contributed by atoms with E-state index >= 15 is 0 Å². The maximum absolute atomic E-state index is 13.3. The fraction of sp³-hybridized carbons (Fsp3) is 0.148. The molecule has 4 rings (SSSR count). The molecule has 8 heteroatoms. The van der Waals surface area contributed by atoms with E-state index in [0.29, 0.717) is 44.2 Å². The molecule has 0 unspecified atom stereocenters. The molecule has 6 nitrogen and oxygen atoms in total. The number of aromatic hydroxyl groups is 1. The molecule has 0 atom stereocenters. The van der Waals surface area contributed by atoms with Crippen LogP contribution in [0.4, 0.5) is 0 Å². The second kappa shape index (κ2) is 10.3. The number of phenols is 1. The molecule has 0 aliphatic heterocycles. The van der Waals surface area contributed by atoms with E-state index in [0.717, 1.165) is 5.56 Å². The van der Waals surface area contributed by atoms with Crippen LogP contribution in [0.3, 0.4) is 0 Å². The Labute approximate surface area is 213 Å². The number of nitrogens with one attached hydrogen (secondary N) is 1. The molecule has 1 amide bonds. The Hall–Kier alpha value is -3.61. The van der Waals surface area contributed by atoms with Crippen molar-refractivity contribution in [3.05, 3.63) is 87.9 Å². The van der Waals surface area contributed by atoms with Gasteiger partial charge < -0.3 is 9.84 Å². The Morgan fingerprint density at radius 2 is 1.74 bits per heavy atom. The largest absolute Gasteiger partial charge is 0.506 e. The lowest BCUT2D eigenvalue weighted by atomic mass is 10.0. The molecular formula is C27H23Cl2N3O3. The molecule has 0 saturated carbocycles. The van der Waals surface area contributed by atoms with Crippen molar-refractivity contribution in [2.24, 2.45) is 5.10 Å². The molecule has 0 saturated heterocycles. The minimum atomic E-state index is -0.431. The van der Waals surface area contributed by atoms with Crippen molar-refractivity contribution >= 4 is 45.7 Å². The summed E-state index contributed by atoms with van der Waals surface area (Å²) in [6.45, 7) is 5.54. The van der Waals surface area contributed by atoms with Crippen LogP contribution in [0.1, 0.15) is 36.7 Å². The van der Waals surface area contributed by atoms with E-state index in [9.17, 15) is 9.90 Å². The van der Waals surface area contributed by atoms with Crippen LogP contribution in [0.2, 0.25) is 10.0 Å². The summed E-state index contributed by atoms with van der Waals surface area (Å²) in [5.41, 5.74) is 5.68. The molecule has 0 radical (unpaired) electrons. The number of halogens is 2. The number of hydrogen-bond acceptors (Lipinski definition) is 5. The Morgan fingerprint density at radius 1 is 1.03 bits per heavy atom. The van der Waals surface area contributed by atoms with Crippen molar-refractivity contribution in [1.29, 1.82) is 0 Å². The number of carbonyl (C=O) groups excluding carboxylic acids is 1. The van der Waals surface area contributed by atoms with Crippen LogP contribution in [0, 0.1) is 0 Å². The van der Waals surface area contributed by atoms with Crippen LogP contribution in [0.5, 0.6) is 11.5 Å². The average molecular weight is 508 g/mol. The van der Waals surface area contributed by atoms with Crippen LogP contribution >= 0.6 is 23.2 Å². The number of aromatic nitrogens is 1. The van der Waals surface area contributed by atoms with Crippen molar-refractivity contribution < 1.29 is 14.6 Å². The maximum atomic E-state index is 13.3. The summed E-state index contributed by atoms with van der Waals surface area (Å²) in [5, 5.41) is 15.6. The topological polar surface area (TPSA) is 83.8 Å². The van der Waals surface area contributed by atoms with Crippen LogP contribution < -0.4 is 10.2 Å². The smallest absolute Gasteiger partial charge is 0.272 e. The third-order valence-corrected chi connectivity index (χ3v) is 5.74. The van der Waals surface area contributed by atoms with Crippen molar-refractivity contribution in [2.45, 2.75) is 26.9 Å². The number of benzene rings is 3. The lowest BCUT2D eigenvalue weighted by Crippen LogP contribution is -2.20. The van der Waals surface area contributed by atoms with Crippen molar-refractivity contribution in [2.75, 3.05) is 0 Å². The van der Waals surface area contributed by atoms with E-state index in [4.69, 9.17) is 32.9 Å². The number of ether oxygens (including phenoxy) is 1. The Bertz CT molecular complexity index is 1450. The highest BCUT2D eigenvalue weighted by atomic mass is 35.5. The first-order valence-electron chi connectivity index (χ1n) is 10.9. The first-order chi connectivity index (χ1) is 16.7. The van der Waals surface area contributed by atoms with Gasteiger partial charge in [0.2, 0.25) is 0 Å². The van der Waals surface area contributed by atoms with Gasteiger partial charge in [0.15, 0.2) is 0 Å². The molecule has 0 aliphatic rings. The number of para-hydroxylation sites is 2. The number of carbonyl (C=O) groups is 1. The van der Waals surface area contributed by atoms with Crippen LogP contribution in [-0.4, -0.2) is 27.8 Å². The van der Waals surface area contributed by atoms with Crippen LogP contribution in [0.15, 0.2) is 71.8 Å². The summed E-state index contributed by atoms with van der Waals surface area (Å²) in [4.78, 5) is 18.0. The quantitative estimate of drug-likeness (QED) is 0.220. The lowest BCUT2D eigenvalue weighted by molar-refractivity contribution is 0.0956. The van der Waals surface area contributed by atoms with Gasteiger partial charge in [-0.15, -0.1) is 0 Å². The summed E-state index contributed by atoms with van der Waals surface area (Å²) >= 11 is 12.1. The number of nitrogens with zero attached hydrogens (tertiary/aromatic N) is 2. The van der Waals surface area contributed by atoms with E-state index in [-0.39, 0.29) is 16.9 Å². The normalized spacial score (nSPS) is 11.7. The highest BCUT2D eigenvalue weighted by Crippen LogP contribution is 2.33. The van der Waals surface area contributed by atoms with Gasteiger partial charge in [0.1, 0.15) is 11.5 Å². The number of fused-ring (bicyclic) bond motifs is 1. The molecule has 3 aromatic carbocycles. The predicted molar refractivity (Wildman–Crippen MR) is 141 cm³/mol. The maximum Gasteiger partial charge on any atom is 0.272 e. The van der Waals surface area contributed by atoms with Gasteiger partial charge in [0.05, 0.1) is 33.6 Å². The number of amides is 1. The molecule has 1 aromatic heterocycles. The highest BCUT2D eigenvalue weighted by Gasteiger charge is 2.17. The number of pyridine rings is 1. The number of phenolic OH excluding ortho intramolecular Hbond substituents is 1. The Balaban J connectivity index is 1.75. The highest BCUT2D eigenvalue weighted by molar-refractivity contribution is 6.36. The molecule has 2 N–H and O–H groups in total. The lowest BCUT2D eigenvalue weighted by Gasteiger charge is -2.15. The van der Waals surface area contributed by atoms with E-state index < -0.39 is 5.91 Å². The second-order valence-corrected chi connectivity index (χ2v) is 9.00. The summed E-state index contributed by atoms with van der Waals surface area (Å²) in [5.74, 6) is 0.0860. The first-order valence-corrected chi connectivity index (χ1v) is 11.7. The molecular weight excluding hydrogens is 485 g/mol. The van der Waals surface area contributed by atoms with Gasteiger partial charge >= 0.3 is 0 Å². The molecule has 0 aliphatic carbocycles. The van der Waals surface area contributed by atoms with Crippen molar-refractivity contribution in [3.63, 3.8) is 0 Å². The van der Waals surface area contributed by atoms with Gasteiger partial charge in [-0.25, -0.2) is 10.4 Å². The molecule has 0 spiro atoms. The minimum Gasteiger partial charge on any atom is -0.506 e. The van der Waals surface area contributed by atoms with Gasteiger partial charge in [-0.05, 0) is 57.2 Å². The number of rotatable bonds is 6.